The summed E-state index contributed by atoms with van der Waals surface area (Å²) in [5.41, 5.74) is 7.10. The summed E-state index contributed by atoms with van der Waals surface area (Å²) in [6.45, 7) is 6.05. The maximum absolute atomic E-state index is 5.99. The molecule has 0 radical (unpaired) electrons. The van der Waals surface area contributed by atoms with Crippen LogP contribution in [0.5, 0.6) is 0 Å². The van der Waals surface area contributed by atoms with Gasteiger partial charge in [-0.05, 0) is 26.2 Å². The highest BCUT2D eigenvalue weighted by Gasteiger charge is 2.18. The lowest BCUT2D eigenvalue weighted by molar-refractivity contribution is 0.502. The summed E-state index contributed by atoms with van der Waals surface area (Å²) in [6.07, 6.45) is 3.24. The van der Waals surface area contributed by atoms with E-state index < -0.39 is 0 Å². The van der Waals surface area contributed by atoms with Crippen LogP contribution in [0.25, 0.3) is 0 Å². The first-order valence-corrected chi connectivity index (χ1v) is 6.04. The minimum atomic E-state index is 0.286. The zero-order valence-electron chi connectivity index (χ0n) is 10.1. The third-order valence-electron chi connectivity index (χ3n) is 3.02. The zero-order chi connectivity index (χ0) is 11.5. The molecule has 1 aliphatic rings. The number of hydrogen-bond acceptors (Lipinski definition) is 4. The molecule has 1 saturated heterocycles. The topological polar surface area (TPSA) is 55.0 Å². The van der Waals surface area contributed by atoms with Crippen molar-refractivity contribution in [3.63, 3.8) is 0 Å². The van der Waals surface area contributed by atoms with Crippen molar-refractivity contribution in [3.8, 4) is 0 Å². The van der Waals surface area contributed by atoms with Gasteiger partial charge in [0.05, 0.1) is 0 Å². The van der Waals surface area contributed by atoms with Gasteiger partial charge in [0, 0.05) is 30.9 Å². The lowest BCUT2D eigenvalue weighted by Crippen LogP contribution is -2.43. The summed E-state index contributed by atoms with van der Waals surface area (Å²) < 4.78 is 0. The summed E-state index contributed by atoms with van der Waals surface area (Å²) >= 11 is 0. The lowest BCUT2D eigenvalue weighted by atomic mass is 10.1. The molecule has 0 saturated carbocycles. The van der Waals surface area contributed by atoms with E-state index in [9.17, 15) is 0 Å². The van der Waals surface area contributed by atoms with Gasteiger partial charge < -0.3 is 10.6 Å². The van der Waals surface area contributed by atoms with Crippen molar-refractivity contribution in [1.82, 2.24) is 9.97 Å². The fourth-order valence-electron chi connectivity index (χ4n) is 2.17. The van der Waals surface area contributed by atoms with Gasteiger partial charge in [-0.3, -0.25) is 0 Å². The second-order valence-electron chi connectivity index (χ2n) is 4.47. The number of hydrogen-bond donors (Lipinski definition) is 1. The smallest absolute Gasteiger partial charge is 0.132 e. The molecule has 1 aliphatic heterocycles. The first kappa shape index (κ1) is 11.3. The normalized spacial score (nSPS) is 21.2. The molecule has 2 N–H and O–H groups in total. The Kier molecular flexibility index (Phi) is 3.39. The molecule has 88 valence electrons. The van der Waals surface area contributed by atoms with E-state index in [0.717, 1.165) is 49.7 Å². The van der Waals surface area contributed by atoms with Gasteiger partial charge in [-0.15, -0.1) is 0 Å². The van der Waals surface area contributed by atoms with Crippen molar-refractivity contribution in [3.05, 3.63) is 17.6 Å². The number of aromatic nitrogens is 2. The molecule has 16 heavy (non-hydrogen) atoms. The number of rotatable bonds is 2. The molecule has 4 nitrogen and oxygen atoms in total. The van der Waals surface area contributed by atoms with Gasteiger partial charge in [0.1, 0.15) is 11.6 Å². The van der Waals surface area contributed by atoms with Crippen molar-refractivity contribution in [2.75, 3.05) is 18.0 Å². The molecule has 2 heterocycles. The van der Waals surface area contributed by atoms with Crippen LogP contribution in [0.3, 0.4) is 0 Å². The molecule has 0 spiro atoms. The van der Waals surface area contributed by atoms with Gasteiger partial charge in [0.25, 0.3) is 0 Å². The van der Waals surface area contributed by atoms with Crippen molar-refractivity contribution in [2.45, 2.75) is 39.2 Å². The van der Waals surface area contributed by atoms with Crippen LogP contribution >= 0.6 is 0 Å². The minimum absolute atomic E-state index is 0.286. The van der Waals surface area contributed by atoms with E-state index in [1.165, 1.54) is 0 Å². The maximum atomic E-state index is 5.99. The highest BCUT2D eigenvalue weighted by atomic mass is 15.2. The Hall–Kier alpha value is -1.16. The highest BCUT2D eigenvalue weighted by Crippen LogP contribution is 2.18. The fraction of sp³-hybridized carbons (Fsp3) is 0.667. The minimum Gasteiger partial charge on any atom is -0.355 e. The van der Waals surface area contributed by atoms with Crippen LogP contribution in [0.1, 0.15) is 31.3 Å². The maximum Gasteiger partial charge on any atom is 0.132 e. The van der Waals surface area contributed by atoms with Crippen LogP contribution in [0, 0.1) is 6.92 Å². The van der Waals surface area contributed by atoms with Gasteiger partial charge in [-0.25, -0.2) is 9.97 Å². The van der Waals surface area contributed by atoms with Crippen molar-refractivity contribution >= 4 is 5.82 Å². The Morgan fingerprint density at radius 1 is 1.50 bits per heavy atom. The Balaban J connectivity index is 2.21. The third kappa shape index (κ3) is 2.50. The Morgan fingerprint density at radius 2 is 2.31 bits per heavy atom. The SMILES string of the molecule is CCc1cc(N2CCC[C@@H](N)C2)nc(C)n1. The second kappa shape index (κ2) is 4.78. The predicted molar refractivity (Wildman–Crippen MR) is 65.6 cm³/mol. The summed E-state index contributed by atoms with van der Waals surface area (Å²) in [5.74, 6) is 1.90. The molecule has 1 fully saturated rings. The standard InChI is InChI=1S/C12H20N4/c1-3-11-7-12(15-9(2)14-11)16-6-4-5-10(13)8-16/h7,10H,3-6,8,13H2,1-2H3/t10-/m1/s1. The quantitative estimate of drug-likeness (QED) is 0.815. The van der Waals surface area contributed by atoms with E-state index in [4.69, 9.17) is 5.73 Å². The molecule has 2 rings (SSSR count). The van der Waals surface area contributed by atoms with Crippen LogP contribution in [-0.4, -0.2) is 29.1 Å². The predicted octanol–water partition coefficient (Wildman–Crippen LogP) is 1.27. The first-order valence-electron chi connectivity index (χ1n) is 6.04. The van der Waals surface area contributed by atoms with E-state index in [0.29, 0.717) is 0 Å². The molecule has 0 aromatic carbocycles. The van der Waals surface area contributed by atoms with Crippen molar-refractivity contribution in [2.24, 2.45) is 5.73 Å². The van der Waals surface area contributed by atoms with Crippen LogP contribution in [0.15, 0.2) is 6.07 Å². The van der Waals surface area contributed by atoms with Crippen LogP contribution in [-0.2, 0) is 6.42 Å². The van der Waals surface area contributed by atoms with Crippen LogP contribution in [0.2, 0.25) is 0 Å². The molecule has 1 aromatic heterocycles. The molecule has 1 atom stereocenters. The number of aryl methyl sites for hydroxylation is 2. The van der Waals surface area contributed by atoms with Gasteiger partial charge >= 0.3 is 0 Å². The summed E-state index contributed by atoms with van der Waals surface area (Å²) in [4.78, 5) is 11.2. The molecular formula is C12H20N4. The molecule has 1 aromatic rings. The molecule has 4 heteroatoms. The van der Waals surface area contributed by atoms with Gasteiger partial charge in [-0.1, -0.05) is 6.92 Å². The number of anilines is 1. The summed E-state index contributed by atoms with van der Waals surface area (Å²) in [5, 5.41) is 0. The average Bonchev–Trinajstić information content (AvgIpc) is 2.28. The van der Waals surface area contributed by atoms with E-state index >= 15 is 0 Å². The van der Waals surface area contributed by atoms with Gasteiger partial charge in [0.2, 0.25) is 0 Å². The van der Waals surface area contributed by atoms with E-state index in [-0.39, 0.29) is 6.04 Å². The monoisotopic (exact) mass is 220 g/mol. The van der Waals surface area contributed by atoms with E-state index in [1.54, 1.807) is 0 Å². The molecule has 0 amide bonds. The molecule has 0 unspecified atom stereocenters. The number of nitrogens with zero attached hydrogens (tertiary/aromatic N) is 3. The van der Waals surface area contributed by atoms with E-state index in [2.05, 4.69) is 27.9 Å². The van der Waals surface area contributed by atoms with E-state index in [1.807, 2.05) is 6.92 Å². The number of piperidine rings is 1. The summed E-state index contributed by atoms with van der Waals surface area (Å²) in [7, 11) is 0. The first-order chi connectivity index (χ1) is 7.69. The third-order valence-corrected chi connectivity index (χ3v) is 3.02. The molecule has 0 aliphatic carbocycles. The number of nitrogens with two attached hydrogens (primary N) is 1. The zero-order valence-corrected chi connectivity index (χ0v) is 10.1. The Labute approximate surface area is 96.9 Å². The highest BCUT2D eigenvalue weighted by molar-refractivity contribution is 5.40. The second-order valence-corrected chi connectivity index (χ2v) is 4.47. The molecular weight excluding hydrogens is 200 g/mol. The lowest BCUT2D eigenvalue weighted by Gasteiger charge is -2.31. The Morgan fingerprint density at radius 3 is 3.00 bits per heavy atom. The molecule has 0 bridgehead atoms. The Bertz CT molecular complexity index is 364. The largest absolute Gasteiger partial charge is 0.355 e. The van der Waals surface area contributed by atoms with Crippen molar-refractivity contribution < 1.29 is 0 Å². The summed E-state index contributed by atoms with van der Waals surface area (Å²) in [6, 6.07) is 2.37. The average molecular weight is 220 g/mol. The fourth-order valence-corrected chi connectivity index (χ4v) is 2.17. The van der Waals surface area contributed by atoms with Crippen molar-refractivity contribution in [1.29, 1.82) is 0 Å². The van der Waals surface area contributed by atoms with Crippen LogP contribution < -0.4 is 10.6 Å². The van der Waals surface area contributed by atoms with Crippen LogP contribution in [0.4, 0.5) is 5.82 Å². The van der Waals surface area contributed by atoms with Gasteiger partial charge in [-0.2, -0.15) is 0 Å². The van der Waals surface area contributed by atoms with Gasteiger partial charge in [0.15, 0.2) is 0 Å².